The highest BCUT2D eigenvalue weighted by Gasteiger charge is 2.18. The molecule has 2 rings (SSSR count). The second-order valence-electron chi connectivity index (χ2n) is 4.56. The standard InChI is InChI=1S/C14H21NO3S/c1-2-11(6-7-15)19(16)12-4-5-13-14(10-12)18-9-3-8-17-13/h4-5,10-11H,2-3,6-9,15H2,1H3. The molecule has 1 heterocycles. The van der Waals surface area contributed by atoms with Gasteiger partial charge in [-0.3, -0.25) is 4.21 Å². The van der Waals surface area contributed by atoms with Crippen molar-refractivity contribution in [3.8, 4) is 11.5 Å². The van der Waals surface area contributed by atoms with Gasteiger partial charge < -0.3 is 15.2 Å². The summed E-state index contributed by atoms with van der Waals surface area (Å²) in [5, 5.41) is 0.106. The minimum absolute atomic E-state index is 0.106. The van der Waals surface area contributed by atoms with Gasteiger partial charge in [-0.25, -0.2) is 0 Å². The predicted octanol–water partition coefficient (Wildman–Crippen LogP) is 2.08. The molecule has 1 aliphatic heterocycles. The Bertz CT molecular complexity index is 450. The Hall–Kier alpha value is -1.07. The molecule has 106 valence electrons. The molecule has 5 heteroatoms. The third-order valence-corrected chi connectivity index (χ3v) is 5.09. The number of hydrogen-bond donors (Lipinski definition) is 1. The second-order valence-corrected chi connectivity index (χ2v) is 6.30. The van der Waals surface area contributed by atoms with Gasteiger partial charge in [-0.05, 0) is 31.5 Å². The maximum Gasteiger partial charge on any atom is 0.162 e. The summed E-state index contributed by atoms with van der Waals surface area (Å²) >= 11 is 0. The zero-order valence-electron chi connectivity index (χ0n) is 11.3. The third-order valence-electron chi connectivity index (χ3n) is 3.20. The van der Waals surface area contributed by atoms with Crippen LogP contribution in [0.4, 0.5) is 0 Å². The van der Waals surface area contributed by atoms with Crippen molar-refractivity contribution in [1.29, 1.82) is 0 Å². The highest BCUT2D eigenvalue weighted by molar-refractivity contribution is 7.85. The number of benzene rings is 1. The molecule has 0 fully saturated rings. The molecule has 19 heavy (non-hydrogen) atoms. The Morgan fingerprint density at radius 3 is 2.74 bits per heavy atom. The van der Waals surface area contributed by atoms with Crippen molar-refractivity contribution >= 4 is 10.8 Å². The van der Waals surface area contributed by atoms with Crippen molar-refractivity contribution in [3.63, 3.8) is 0 Å². The van der Waals surface area contributed by atoms with E-state index >= 15 is 0 Å². The molecule has 0 saturated carbocycles. The Morgan fingerprint density at radius 1 is 1.32 bits per heavy atom. The lowest BCUT2D eigenvalue weighted by Gasteiger charge is -2.15. The summed E-state index contributed by atoms with van der Waals surface area (Å²) in [5.74, 6) is 1.44. The molecule has 1 aromatic carbocycles. The van der Waals surface area contributed by atoms with Crippen molar-refractivity contribution in [3.05, 3.63) is 18.2 Å². The highest BCUT2D eigenvalue weighted by Crippen LogP contribution is 2.32. The van der Waals surface area contributed by atoms with E-state index in [1.807, 2.05) is 25.1 Å². The first-order chi connectivity index (χ1) is 9.26. The molecule has 0 amide bonds. The molecule has 0 spiro atoms. The number of rotatable bonds is 5. The smallest absolute Gasteiger partial charge is 0.162 e. The van der Waals surface area contributed by atoms with E-state index in [1.165, 1.54) is 0 Å². The van der Waals surface area contributed by atoms with Crippen LogP contribution < -0.4 is 15.2 Å². The van der Waals surface area contributed by atoms with E-state index < -0.39 is 10.8 Å². The number of ether oxygens (including phenoxy) is 2. The lowest BCUT2D eigenvalue weighted by atomic mass is 10.2. The monoisotopic (exact) mass is 283 g/mol. The van der Waals surface area contributed by atoms with E-state index in [0.717, 1.165) is 29.9 Å². The molecule has 1 aromatic rings. The number of fused-ring (bicyclic) bond motifs is 1. The van der Waals surface area contributed by atoms with Gasteiger partial charge in [0.1, 0.15) is 0 Å². The van der Waals surface area contributed by atoms with Crippen LogP contribution in [0.15, 0.2) is 23.1 Å². The highest BCUT2D eigenvalue weighted by atomic mass is 32.2. The summed E-state index contributed by atoms with van der Waals surface area (Å²) < 4.78 is 23.7. The van der Waals surface area contributed by atoms with Gasteiger partial charge in [-0.1, -0.05) is 6.92 Å². The van der Waals surface area contributed by atoms with Crippen LogP contribution in [0, 0.1) is 0 Å². The summed E-state index contributed by atoms with van der Waals surface area (Å²) in [6.45, 7) is 3.92. The van der Waals surface area contributed by atoms with Gasteiger partial charge in [0.15, 0.2) is 11.5 Å². The molecular formula is C14H21NO3S. The Labute approximate surface area is 116 Å². The quantitative estimate of drug-likeness (QED) is 0.898. The van der Waals surface area contributed by atoms with Crippen LogP contribution in [0.2, 0.25) is 0 Å². The van der Waals surface area contributed by atoms with Crippen LogP contribution in [-0.2, 0) is 10.8 Å². The fourth-order valence-corrected chi connectivity index (χ4v) is 3.57. The zero-order valence-corrected chi connectivity index (χ0v) is 12.1. The molecular weight excluding hydrogens is 262 g/mol. The summed E-state index contributed by atoms with van der Waals surface area (Å²) in [4.78, 5) is 0.796. The molecule has 1 aliphatic rings. The molecule has 0 saturated heterocycles. The summed E-state index contributed by atoms with van der Waals surface area (Å²) in [7, 11) is -1.04. The summed E-state index contributed by atoms with van der Waals surface area (Å²) in [5.41, 5.74) is 5.57. The van der Waals surface area contributed by atoms with E-state index in [4.69, 9.17) is 15.2 Å². The fraction of sp³-hybridized carbons (Fsp3) is 0.571. The maximum absolute atomic E-state index is 12.5. The van der Waals surface area contributed by atoms with Crippen molar-refractivity contribution < 1.29 is 13.7 Å². The summed E-state index contributed by atoms with van der Waals surface area (Å²) in [6, 6.07) is 5.56. The van der Waals surface area contributed by atoms with Crippen LogP contribution in [0.1, 0.15) is 26.2 Å². The lowest BCUT2D eigenvalue weighted by Crippen LogP contribution is -2.19. The lowest BCUT2D eigenvalue weighted by molar-refractivity contribution is 0.297. The van der Waals surface area contributed by atoms with Crippen molar-refractivity contribution in [2.75, 3.05) is 19.8 Å². The van der Waals surface area contributed by atoms with Crippen molar-refractivity contribution in [1.82, 2.24) is 0 Å². The minimum Gasteiger partial charge on any atom is -0.490 e. The van der Waals surface area contributed by atoms with Gasteiger partial charge in [0.2, 0.25) is 0 Å². The summed E-state index contributed by atoms with van der Waals surface area (Å²) in [6.07, 6.45) is 2.51. The van der Waals surface area contributed by atoms with E-state index in [2.05, 4.69) is 0 Å². The van der Waals surface area contributed by atoms with E-state index in [0.29, 0.717) is 25.5 Å². The average molecular weight is 283 g/mol. The normalized spacial score (nSPS) is 17.6. The van der Waals surface area contributed by atoms with Gasteiger partial charge in [0, 0.05) is 22.6 Å². The first kappa shape index (κ1) is 14.3. The van der Waals surface area contributed by atoms with Crippen molar-refractivity contribution in [2.24, 2.45) is 5.73 Å². The maximum atomic E-state index is 12.5. The van der Waals surface area contributed by atoms with Crippen LogP contribution >= 0.6 is 0 Å². The molecule has 0 aliphatic carbocycles. The van der Waals surface area contributed by atoms with E-state index in [1.54, 1.807) is 0 Å². The first-order valence-electron chi connectivity index (χ1n) is 6.76. The zero-order chi connectivity index (χ0) is 13.7. The molecule has 2 atom stereocenters. The van der Waals surface area contributed by atoms with Crippen LogP contribution in [0.5, 0.6) is 11.5 Å². The minimum atomic E-state index is -1.04. The second kappa shape index (κ2) is 6.91. The van der Waals surface area contributed by atoms with Gasteiger partial charge >= 0.3 is 0 Å². The van der Waals surface area contributed by atoms with Gasteiger partial charge in [-0.15, -0.1) is 0 Å². The molecule has 0 radical (unpaired) electrons. The predicted molar refractivity (Wildman–Crippen MR) is 76.2 cm³/mol. The van der Waals surface area contributed by atoms with Crippen LogP contribution in [0.25, 0.3) is 0 Å². The van der Waals surface area contributed by atoms with Gasteiger partial charge in [0.05, 0.1) is 24.0 Å². The number of hydrogen-bond acceptors (Lipinski definition) is 4. The Balaban J connectivity index is 2.20. The molecule has 2 N–H and O–H groups in total. The first-order valence-corrected chi connectivity index (χ1v) is 7.97. The van der Waals surface area contributed by atoms with Gasteiger partial charge in [-0.2, -0.15) is 0 Å². The third kappa shape index (κ3) is 3.48. The van der Waals surface area contributed by atoms with E-state index in [-0.39, 0.29) is 5.25 Å². The van der Waals surface area contributed by atoms with Crippen LogP contribution in [0.3, 0.4) is 0 Å². The van der Waals surface area contributed by atoms with Crippen LogP contribution in [-0.4, -0.2) is 29.2 Å². The largest absolute Gasteiger partial charge is 0.490 e. The molecule has 4 nitrogen and oxygen atoms in total. The Morgan fingerprint density at radius 2 is 2.05 bits per heavy atom. The topological polar surface area (TPSA) is 61.6 Å². The molecule has 0 bridgehead atoms. The Kier molecular flexibility index (Phi) is 5.22. The SMILES string of the molecule is CCC(CCN)S(=O)c1ccc2c(c1)OCCCO2. The van der Waals surface area contributed by atoms with E-state index in [9.17, 15) is 4.21 Å². The van der Waals surface area contributed by atoms with Crippen molar-refractivity contribution in [2.45, 2.75) is 36.3 Å². The molecule has 2 unspecified atom stereocenters. The number of nitrogens with two attached hydrogens (primary N) is 1. The van der Waals surface area contributed by atoms with Gasteiger partial charge in [0.25, 0.3) is 0 Å². The average Bonchev–Trinajstić information content (AvgIpc) is 2.68. The molecule has 0 aromatic heterocycles. The fourth-order valence-electron chi connectivity index (χ4n) is 2.11.